The molecule has 3 rings (SSSR count). The van der Waals surface area contributed by atoms with E-state index in [0.717, 1.165) is 23.6 Å². The molecule has 5 heteroatoms. The average molecular weight is 333 g/mol. The van der Waals surface area contributed by atoms with Crippen LogP contribution >= 0.6 is 0 Å². The zero-order valence-electron chi connectivity index (χ0n) is 15.2. The maximum atomic E-state index is 12.5. The van der Waals surface area contributed by atoms with Crippen LogP contribution < -0.4 is 5.32 Å². The first-order valence-electron chi connectivity index (χ1n) is 9.54. The Kier molecular flexibility index (Phi) is 5.59. The summed E-state index contributed by atoms with van der Waals surface area (Å²) in [5.74, 6) is 0.845. The van der Waals surface area contributed by atoms with E-state index in [9.17, 15) is 4.79 Å². The van der Waals surface area contributed by atoms with Gasteiger partial charge in [0.05, 0.1) is 12.1 Å². The smallest absolute Gasteiger partial charge is 0.224 e. The minimum atomic E-state index is 0.0892. The summed E-state index contributed by atoms with van der Waals surface area (Å²) in [4.78, 5) is 15.2. The van der Waals surface area contributed by atoms with Gasteiger partial charge >= 0.3 is 0 Å². The number of carbonyl (C=O) groups is 1. The van der Waals surface area contributed by atoms with Crippen molar-refractivity contribution in [1.29, 1.82) is 0 Å². The molecular formula is C19H31N3O2. The van der Waals surface area contributed by atoms with Gasteiger partial charge in [-0.05, 0) is 52.6 Å². The van der Waals surface area contributed by atoms with Gasteiger partial charge in [-0.25, -0.2) is 0 Å². The van der Waals surface area contributed by atoms with E-state index in [1.165, 1.54) is 64.5 Å². The topological polar surface area (TPSA) is 58.4 Å². The molecule has 1 saturated carbocycles. The Balaban J connectivity index is 1.61. The summed E-state index contributed by atoms with van der Waals surface area (Å²) < 4.78 is 5.17. The molecule has 1 aromatic rings. The van der Waals surface area contributed by atoms with Gasteiger partial charge in [0.25, 0.3) is 0 Å². The summed E-state index contributed by atoms with van der Waals surface area (Å²) in [7, 11) is 0. The van der Waals surface area contributed by atoms with Crippen molar-refractivity contribution in [2.45, 2.75) is 77.2 Å². The second kappa shape index (κ2) is 7.68. The standard InChI is InChI=1S/C19H31N3O2/c1-15-17(16(2)24-21-15)13-18(23)20-14-19(9-5-3-6-10-19)22-11-7-4-8-12-22/h3-14H2,1-2H3,(H,20,23). The number of aryl methyl sites for hydroxylation is 2. The lowest BCUT2D eigenvalue weighted by atomic mass is 9.79. The van der Waals surface area contributed by atoms with E-state index >= 15 is 0 Å². The summed E-state index contributed by atoms with van der Waals surface area (Å²) in [6.45, 7) is 6.95. The van der Waals surface area contributed by atoms with Gasteiger partial charge in [0.1, 0.15) is 5.76 Å². The highest BCUT2D eigenvalue weighted by molar-refractivity contribution is 5.79. The van der Waals surface area contributed by atoms with Crippen molar-refractivity contribution >= 4 is 5.91 Å². The summed E-state index contributed by atoms with van der Waals surface area (Å²) >= 11 is 0. The van der Waals surface area contributed by atoms with Gasteiger partial charge in [0.2, 0.25) is 5.91 Å². The number of hydrogen-bond donors (Lipinski definition) is 1. The van der Waals surface area contributed by atoms with Crippen LogP contribution in [0.3, 0.4) is 0 Å². The van der Waals surface area contributed by atoms with Crippen LogP contribution in [0.5, 0.6) is 0 Å². The maximum absolute atomic E-state index is 12.5. The number of amides is 1. The highest BCUT2D eigenvalue weighted by atomic mass is 16.5. The fourth-order valence-electron chi connectivity index (χ4n) is 4.42. The Morgan fingerprint density at radius 1 is 1.12 bits per heavy atom. The molecule has 1 aliphatic carbocycles. The molecule has 2 fully saturated rings. The zero-order valence-corrected chi connectivity index (χ0v) is 15.2. The third kappa shape index (κ3) is 3.82. The van der Waals surface area contributed by atoms with Crippen LogP contribution in [-0.4, -0.2) is 41.1 Å². The average Bonchev–Trinajstić information content (AvgIpc) is 2.93. The highest BCUT2D eigenvalue weighted by Gasteiger charge is 2.38. The molecule has 1 saturated heterocycles. The van der Waals surface area contributed by atoms with Crippen LogP contribution in [0.1, 0.15) is 68.4 Å². The molecule has 0 aromatic carbocycles. The van der Waals surface area contributed by atoms with Crippen LogP contribution in [0.15, 0.2) is 4.52 Å². The molecule has 2 heterocycles. The van der Waals surface area contributed by atoms with Crippen molar-refractivity contribution < 1.29 is 9.32 Å². The SMILES string of the molecule is Cc1noc(C)c1CC(=O)NCC1(N2CCCCC2)CCCCC1. The molecule has 1 amide bonds. The molecule has 0 bridgehead atoms. The molecule has 0 radical (unpaired) electrons. The summed E-state index contributed by atoms with van der Waals surface area (Å²) in [5.41, 5.74) is 1.95. The molecule has 1 aliphatic heterocycles. The van der Waals surface area contributed by atoms with Gasteiger partial charge < -0.3 is 9.84 Å². The molecule has 5 nitrogen and oxygen atoms in total. The number of hydrogen-bond acceptors (Lipinski definition) is 4. The van der Waals surface area contributed by atoms with Crippen LogP contribution in [0, 0.1) is 13.8 Å². The molecule has 2 aliphatic rings. The molecule has 0 atom stereocenters. The number of rotatable bonds is 5. The number of nitrogens with zero attached hydrogens (tertiary/aromatic N) is 2. The van der Waals surface area contributed by atoms with Crippen molar-refractivity contribution in [3.05, 3.63) is 17.0 Å². The number of likely N-dealkylation sites (tertiary alicyclic amines) is 1. The van der Waals surface area contributed by atoms with Crippen LogP contribution in [0.4, 0.5) is 0 Å². The molecule has 0 unspecified atom stereocenters. The fraction of sp³-hybridized carbons (Fsp3) is 0.789. The molecule has 1 aromatic heterocycles. The van der Waals surface area contributed by atoms with E-state index in [2.05, 4.69) is 15.4 Å². The fourth-order valence-corrected chi connectivity index (χ4v) is 4.42. The van der Waals surface area contributed by atoms with Gasteiger partial charge in [0.15, 0.2) is 0 Å². The Morgan fingerprint density at radius 3 is 2.42 bits per heavy atom. The van der Waals surface area contributed by atoms with Gasteiger partial charge in [0, 0.05) is 17.6 Å². The Bertz CT molecular complexity index is 535. The molecular weight excluding hydrogens is 302 g/mol. The monoisotopic (exact) mass is 333 g/mol. The van der Waals surface area contributed by atoms with E-state index in [0.29, 0.717) is 6.42 Å². The van der Waals surface area contributed by atoms with Gasteiger partial charge in [-0.15, -0.1) is 0 Å². The number of aromatic nitrogens is 1. The molecule has 134 valence electrons. The minimum absolute atomic E-state index is 0.0892. The number of nitrogens with one attached hydrogen (secondary N) is 1. The van der Waals surface area contributed by atoms with E-state index < -0.39 is 0 Å². The Labute approximate surface area is 145 Å². The largest absolute Gasteiger partial charge is 0.361 e. The van der Waals surface area contributed by atoms with Crippen molar-refractivity contribution in [2.24, 2.45) is 0 Å². The maximum Gasteiger partial charge on any atom is 0.224 e. The third-order valence-corrected chi connectivity index (χ3v) is 5.94. The molecule has 1 N–H and O–H groups in total. The quantitative estimate of drug-likeness (QED) is 0.899. The summed E-state index contributed by atoms with van der Waals surface area (Å²) in [6.07, 6.45) is 10.7. The summed E-state index contributed by atoms with van der Waals surface area (Å²) in [6, 6.07) is 0. The van der Waals surface area contributed by atoms with E-state index in [1.54, 1.807) is 0 Å². The Hall–Kier alpha value is -1.36. The van der Waals surface area contributed by atoms with Gasteiger partial charge in [-0.2, -0.15) is 0 Å². The highest BCUT2D eigenvalue weighted by Crippen LogP contribution is 2.35. The van der Waals surface area contributed by atoms with Crippen molar-refractivity contribution in [3.8, 4) is 0 Å². The molecule has 0 spiro atoms. The van der Waals surface area contributed by atoms with Gasteiger partial charge in [-0.1, -0.05) is 30.8 Å². The lowest BCUT2D eigenvalue weighted by Gasteiger charge is -2.48. The second-order valence-electron chi connectivity index (χ2n) is 7.59. The Morgan fingerprint density at radius 2 is 1.79 bits per heavy atom. The van der Waals surface area contributed by atoms with Crippen LogP contribution in [0.25, 0.3) is 0 Å². The first-order chi connectivity index (χ1) is 11.6. The van der Waals surface area contributed by atoms with E-state index in [4.69, 9.17) is 4.52 Å². The lowest BCUT2D eigenvalue weighted by Crippen LogP contribution is -2.58. The summed E-state index contributed by atoms with van der Waals surface area (Å²) in [5, 5.41) is 7.18. The molecule has 24 heavy (non-hydrogen) atoms. The first kappa shape index (κ1) is 17.5. The van der Waals surface area contributed by atoms with Crippen molar-refractivity contribution in [2.75, 3.05) is 19.6 Å². The predicted octanol–water partition coefficient (Wildman–Crippen LogP) is 3.14. The number of piperidine rings is 1. The normalized spacial score (nSPS) is 21.6. The van der Waals surface area contributed by atoms with E-state index in [1.807, 2.05) is 13.8 Å². The predicted molar refractivity (Wildman–Crippen MR) is 93.9 cm³/mol. The van der Waals surface area contributed by atoms with Crippen molar-refractivity contribution in [3.63, 3.8) is 0 Å². The minimum Gasteiger partial charge on any atom is -0.361 e. The third-order valence-electron chi connectivity index (χ3n) is 5.94. The number of carbonyl (C=O) groups excluding carboxylic acids is 1. The first-order valence-corrected chi connectivity index (χ1v) is 9.54. The van der Waals surface area contributed by atoms with E-state index in [-0.39, 0.29) is 11.4 Å². The lowest BCUT2D eigenvalue weighted by molar-refractivity contribution is -0.121. The zero-order chi connectivity index (χ0) is 17.0. The van der Waals surface area contributed by atoms with Gasteiger partial charge in [-0.3, -0.25) is 9.69 Å². The second-order valence-corrected chi connectivity index (χ2v) is 7.59. The van der Waals surface area contributed by atoms with Crippen LogP contribution in [-0.2, 0) is 11.2 Å². The van der Waals surface area contributed by atoms with Crippen molar-refractivity contribution in [1.82, 2.24) is 15.4 Å². The van der Waals surface area contributed by atoms with Crippen LogP contribution in [0.2, 0.25) is 0 Å².